The molecule has 0 aliphatic carbocycles. The van der Waals surface area contributed by atoms with Crippen LogP contribution in [0.25, 0.3) is 0 Å². The summed E-state index contributed by atoms with van der Waals surface area (Å²) in [6.45, 7) is 0.498. The van der Waals surface area contributed by atoms with Gasteiger partial charge < -0.3 is 15.0 Å². The highest BCUT2D eigenvalue weighted by Gasteiger charge is 2.16. The second-order valence-electron chi connectivity index (χ2n) is 3.82. The Morgan fingerprint density at radius 1 is 1.50 bits per heavy atom. The molecule has 0 spiro atoms. The van der Waals surface area contributed by atoms with Gasteiger partial charge in [0.25, 0.3) is 0 Å². The molecule has 0 radical (unpaired) electrons. The SMILES string of the molecule is COCCc1noc(C(N)CCS(C)(=O)=O)n1.Cl. The third-order valence-corrected chi connectivity index (χ3v) is 3.11. The van der Waals surface area contributed by atoms with E-state index in [0.29, 0.717) is 18.9 Å². The van der Waals surface area contributed by atoms with Crippen molar-refractivity contribution in [2.75, 3.05) is 25.7 Å². The minimum Gasteiger partial charge on any atom is -0.384 e. The Balaban J connectivity index is 0.00000289. The van der Waals surface area contributed by atoms with Gasteiger partial charge in [-0.2, -0.15) is 4.98 Å². The minimum atomic E-state index is -3.02. The average Bonchev–Trinajstić information content (AvgIpc) is 2.70. The summed E-state index contributed by atoms with van der Waals surface area (Å²) in [6.07, 6.45) is 1.97. The van der Waals surface area contributed by atoms with Gasteiger partial charge in [-0.25, -0.2) is 8.42 Å². The Hall–Kier alpha value is -0.700. The van der Waals surface area contributed by atoms with Crippen LogP contribution in [-0.2, 0) is 21.0 Å². The molecule has 0 aliphatic rings. The molecule has 18 heavy (non-hydrogen) atoms. The minimum absolute atomic E-state index is 0. The summed E-state index contributed by atoms with van der Waals surface area (Å²) < 4.78 is 31.8. The van der Waals surface area contributed by atoms with Crippen LogP contribution in [0.4, 0.5) is 0 Å². The fourth-order valence-corrected chi connectivity index (χ4v) is 1.86. The molecule has 0 fully saturated rings. The molecular weight excluding hydrogens is 282 g/mol. The van der Waals surface area contributed by atoms with Crippen molar-refractivity contribution < 1.29 is 17.7 Å². The molecule has 9 heteroatoms. The number of aromatic nitrogens is 2. The van der Waals surface area contributed by atoms with E-state index in [-0.39, 0.29) is 30.5 Å². The summed E-state index contributed by atoms with van der Waals surface area (Å²) in [5.74, 6) is 0.778. The van der Waals surface area contributed by atoms with Crippen LogP contribution in [0.3, 0.4) is 0 Å². The summed E-state index contributed by atoms with van der Waals surface area (Å²) in [4.78, 5) is 4.07. The first-order valence-electron chi connectivity index (χ1n) is 5.17. The fourth-order valence-electron chi connectivity index (χ4n) is 1.18. The van der Waals surface area contributed by atoms with Crippen LogP contribution in [0.15, 0.2) is 4.52 Å². The van der Waals surface area contributed by atoms with Crippen LogP contribution in [0, 0.1) is 0 Å². The van der Waals surface area contributed by atoms with Crippen molar-refractivity contribution >= 4 is 22.2 Å². The lowest BCUT2D eigenvalue weighted by molar-refractivity contribution is 0.199. The molecule has 1 atom stereocenters. The number of rotatable bonds is 7. The van der Waals surface area contributed by atoms with E-state index >= 15 is 0 Å². The maximum Gasteiger partial charge on any atom is 0.243 e. The number of nitrogens with two attached hydrogens (primary N) is 1. The summed E-state index contributed by atoms with van der Waals surface area (Å²) in [5, 5.41) is 3.72. The number of halogens is 1. The predicted octanol–water partition coefficient (Wildman–Crippen LogP) is 0.115. The molecule has 1 aromatic heterocycles. The van der Waals surface area contributed by atoms with Gasteiger partial charge in [-0.3, -0.25) is 0 Å². The van der Waals surface area contributed by atoms with Crippen molar-refractivity contribution in [2.24, 2.45) is 5.73 Å². The van der Waals surface area contributed by atoms with Crippen LogP contribution in [0.1, 0.15) is 24.2 Å². The number of hydrogen-bond donors (Lipinski definition) is 1. The molecule has 0 saturated carbocycles. The number of hydrogen-bond acceptors (Lipinski definition) is 7. The molecule has 2 N–H and O–H groups in total. The zero-order valence-electron chi connectivity index (χ0n) is 10.3. The second-order valence-corrected chi connectivity index (χ2v) is 6.08. The van der Waals surface area contributed by atoms with Gasteiger partial charge >= 0.3 is 0 Å². The molecule has 1 aromatic rings. The highest BCUT2D eigenvalue weighted by atomic mass is 35.5. The standard InChI is InChI=1S/C9H17N3O4S.ClH/c1-15-5-3-8-11-9(16-12-8)7(10)4-6-17(2,13)14;/h7H,3-6,10H2,1-2H3;1H. The quantitative estimate of drug-likeness (QED) is 0.761. The van der Waals surface area contributed by atoms with Crippen molar-refractivity contribution in [1.82, 2.24) is 10.1 Å². The Morgan fingerprint density at radius 3 is 2.72 bits per heavy atom. The molecule has 0 amide bonds. The molecule has 1 rings (SSSR count). The van der Waals surface area contributed by atoms with Crippen LogP contribution in [-0.4, -0.2) is 44.3 Å². The van der Waals surface area contributed by atoms with E-state index in [1.54, 1.807) is 7.11 Å². The second kappa shape index (κ2) is 7.67. The van der Waals surface area contributed by atoms with E-state index in [1.165, 1.54) is 0 Å². The van der Waals surface area contributed by atoms with Gasteiger partial charge in [0.2, 0.25) is 5.89 Å². The van der Waals surface area contributed by atoms with Gasteiger partial charge in [0.05, 0.1) is 18.4 Å². The largest absolute Gasteiger partial charge is 0.384 e. The zero-order valence-corrected chi connectivity index (χ0v) is 12.0. The highest BCUT2D eigenvalue weighted by Crippen LogP contribution is 2.12. The van der Waals surface area contributed by atoms with Crippen LogP contribution in [0.2, 0.25) is 0 Å². The molecule has 7 nitrogen and oxygen atoms in total. The molecule has 0 saturated heterocycles. The van der Waals surface area contributed by atoms with Gasteiger partial charge in [0.15, 0.2) is 5.82 Å². The van der Waals surface area contributed by atoms with Crippen molar-refractivity contribution in [3.05, 3.63) is 11.7 Å². The Kier molecular flexibility index (Phi) is 7.37. The lowest BCUT2D eigenvalue weighted by atomic mass is 10.2. The molecule has 1 unspecified atom stereocenters. The summed E-state index contributed by atoms with van der Waals surface area (Å²) in [6, 6.07) is -0.548. The third kappa shape index (κ3) is 6.29. The maximum atomic E-state index is 11.0. The van der Waals surface area contributed by atoms with Crippen molar-refractivity contribution in [1.29, 1.82) is 0 Å². The Bertz CT molecular complexity index is 448. The van der Waals surface area contributed by atoms with Gasteiger partial charge in [0.1, 0.15) is 9.84 Å². The van der Waals surface area contributed by atoms with E-state index in [0.717, 1.165) is 6.26 Å². The first-order chi connectivity index (χ1) is 7.92. The molecular formula is C9H18ClN3O4S. The first kappa shape index (κ1) is 17.3. The molecule has 0 aromatic carbocycles. The number of nitrogens with zero attached hydrogens (tertiary/aromatic N) is 2. The maximum absolute atomic E-state index is 11.0. The number of ether oxygens (including phenoxy) is 1. The smallest absolute Gasteiger partial charge is 0.243 e. The van der Waals surface area contributed by atoms with Crippen LogP contribution >= 0.6 is 12.4 Å². The topological polar surface area (TPSA) is 108 Å². The summed E-state index contributed by atoms with van der Waals surface area (Å²) in [7, 11) is -1.44. The van der Waals surface area contributed by atoms with Gasteiger partial charge in [-0.05, 0) is 6.42 Å². The summed E-state index contributed by atoms with van der Waals surface area (Å²) >= 11 is 0. The Labute approximate surface area is 112 Å². The van der Waals surface area contributed by atoms with Gasteiger partial charge in [-0.1, -0.05) is 5.16 Å². The monoisotopic (exact) mass is 299 g/mol. The lowest BCUT2D eigenvalue weighted by Crippen LogP contribution is -2.16. The zero-order chi connectivity index (χ0) is 12.9. The molecule has 0 bridgehead atoms. The first-order valence-corrected chi connectivity index (χ1v) is 7.23. The van der Waals surface area contributed by atoms with E-state index in [4.69, 9.17) is 15.0 Å². The van der Waals surface area contributed by atoms with E-state index < -0.39 is 15.9 Å². The predicted molar refractivity (Wildman–Crippen MR) is 68.4 cm³/mol. The van der Waals surface area contributed by atoms with E-state index in [1.807, 2.05) is 0 Å². The lowest BCUT2D eigenvalue weighted by Gasteiger charge is -2.04. The molecule has 1 heterocycles. The fraction of sp³-hybridized carbons (Fsp3) is 0.778. The van der Waals surface area contributed by atoms with Crippen LogP contribution in [0.5, 0.6) is 0 Å². The Morgan fingerprint density at radius 2 is 2.17 bits per heavy atom. The van der Waals surface area contributed by atoms with Crippen molar-refractivity contribution in [3.63, 3.8) is 0 Å². The average molecular weight is 300 g/mol. The number of methoxy groups -OCH3 is 1. The van der Waals surface area contributed by atoms with Gasteiger partial charge in [0, 0.05) is 19.8 Å². The normalized spacial score (nSPS) is 13.1. The van der Waals surface area contributed by atoms with Gasteiger partial charge in [-0.15, -0.1) is 12.4 Å². The van der Waals surface area contributed by atoms with Crippen molar-refractivity contribution in [2.45, 2.75) is 18.9 Å². The van der Waals surface area contributed by atoms with Crippen molar-refractivity contribution in [3.8, 4) is 0 Å². The molecule has 0 aliphatic heterocycles. The third-order valence-electron chi connectivity index (χ3n) is 2.13. The molecule has 106 valence electrons. The summed E-state index contributed by atoms with van der Waals surface area (Å²) in [5.41, 5.74) is 5.75. The highest BCUT2D eigenvalue weighted by molar-refractivity contribution is 7.90. The van der Waals surface area contributed by atoms with Crippen LogP contribution < -0.4 is 5.73 Å². The van der Waals surface area contributed by atoms with E-state index in [9.17, 15) is 8.42 Å². The number of sulfone groups is 1. The van der Waals surface area contributed by atoms with E-state index in [2.05, 4.69) is 10.1 Å².